The molecule has 0 aliphatic carbocycles. The van der Waals surface area contributed by atoms with Crippen molar-refractivity contribution in [3.8, 4) is 0 Å². The van der Waals surface area contributed by atoms with Crippen LogP contribution in [0.4, 0.5) is 0 Å². The molecule has 0 aromatic carbocycles. The lowest BCUT2D eigenvalue weighted by molar-refractivity contribution is -0.142. The molecule has 0 radical (unpaired) electrons. The molecule has 0 aromatic rings. The molecule has 0 aliphatic rings. The van der Waals surface area contributed by atoms with Crippen molar-refractivity contribution in [1.29, 1.82) is 0 Å². The van der Waals surface area contributed by atoms with Crippen LogP contribution in [-0.4, -0.2) is 31.6 Å². The standard InChI is InChI=1S/C10H20N2O3/c1-4-15-8(13)5-6-12-7-10(2,3)9(11)14/h12H,4-7H2,1-3H3,(H2,11,14). The number of esters is 1. The number of rotatable bonds is 7. The van der Waals surface area contributed by atoms with Gasteiger partial charge < -0.3 is 15.8 Å². The zero-order chi connectivity index (χ0) is 11.9. The number of carbonyl (C=O) groups excluding carboxylic acids is 2. The van der Waals surface area contributed by atoms with Crippen LogP contribution < -0.4 is 11.1 Å². The molecule has 0 spiro atoms. The SMILES string of the molecule is CCOC(=O)CCNCC(C)(C)C(N)=O. The fourth-order valence-corrected chi connectivity index (χ4v) is 0.912. The van der Waals surface area contributed by atoms with Crippen LogP contribution in [0.2, 0.25) is 0 Å². The van der Waals surface area contributed by atoms with Crippen molar-refractivity contribution < 1.29 is 14.3 Å². The quantitative estimate of drug-likeness (QED) is 0.465. The summed E-state index contributed by atoms with van der Waals surface area (Å²) in [5, 5.41) is 2.99. The highest BCUT2D eigenvalue weighted by molar-refractivity contribution is 5.80. The molecule has 5 heteroatoms. The molecule has 0 fully saturated rings. The van der Waals surface area contributed by atoms with Crippen LogP contribution in [0, 0.1) is 5.41 Å². The molecule has 0 bridgehead atoms. The lowest BCUT2D eigenvalue weighted by Crippen LogP contribution is -2.40. The van der Waals surface area contributed by atoms with E-state index in [4.69, 9.17) is 10.5 Å². The molecule has 0 heterocycles. The second kappa shape index (κ2) is 6.40. The van der Waals surface area contributed by atoms with E-state index in [1.807, 2.05) is 0 Å². The van der Waals surface area contributed by atoms with Crippen LogP contribution in [0.5, 0.6) is 0 Å². The Bertz CT molecular complexity index is 227. The zero-order valence-corrected chi connectivity index (χ0v) is 9.63. The molecule has 5 nitrogen and oxygen atoms in total. The molecule has 88 valence electrons. The molecule has 3 N–H and O–H groups in total. The Balaban J connectivity index is 3.63. The fourth-order valence-electron chi connectivity index (χ4n) is 0.912. The Morgan fingerprint density at radius 2 is 2.00 bits per heavy atom. The maximum Gasteiger partial charge on any atom is 0.307 e. The normalized spacial score (nSPS) is 11.1. The summed E-state index contributed by atoms with van der Waals surface area (Å²) in [5.74, 6) is -0.590. The third-order valence-electron chi connectivity index (χ3n) is 2.05. The van der Waals surface area contributed by atoms with E-state index < -0.39 is 5.41 Å². The highest BCUT2D eigenvalue weighted by Gasteiger charge is 2.23. The van der Waals surface area contributed by atoms with Gasteiger partial charge in [0.1, 0.15) is 0 Å². The summed E-state index contributed by atoms with van der Waals surface area (Å²) in [5.41, 5.74) is 4.60. The molecule has 0 atom stereocenters. The lowest BCUT2D eigenvalue weighted by Gasteiger charge is -2.20. The van der Waals surface area contributed by atoms with E-state index in [1.165, 1.54) is 0 Å². The van der Waals surface area contributed by atoms with Crippen molar-refractivity contribution in [1.82, 2.24) is 5.32 Å². The first-order chi connectivity index (χ1) is 6.90. The fraction of sp³-hybridized carbons (Fsp3) is 0.800. The molecule has 0 aromatic heterocycles. The number of nitrogens with one attached hydrogen (secondary N) is 1. The molecule has 1 amide bonds. The van der Waals surface area contributed by atoms with Crippen LogP contribution in [0.25, 0.3) is 0 Å². The van der Waals surface area contributed by atoms with Gasteiger partial charge in [0.05, 0.1) is 18.4 Å². The first-order valence-corrected chi connectivity index (χ1v) is 5.06. The zero-order valence-electron chi connectivity index (χ0n) is 9.63. The minimum absolute atomic E-state index is 0.234. The van der Waals surface area contributed by atoms with Crippen molar-refractivity contribution in [2.24, 2.45) is 11.1 Å². The third kappa shape index (κ3) is 6.06. The van der Waals surface area contributed by atoms with Crippen LogP contribution in [0.1, 0.15) is 27.2 Å². The number of hydrogen-bond acceptors (Lipinski definition) is 4. The molecule has 15 heavy (non-hydrogen) atoms. The van der Waals surface area contributed by atoms with Gasteiger partial charge in [-0.15, -0.1) is 0 Å². The number of amides is 1. The Morgan fingerprint density at radius 3 is 2.47 bits per heavy atom. The summed E-state index contributed by atoms with van der Waals surface area (Å²) in [4.78, 5) is 21.9. The van der Waals surface area contributed by atoms with Crippen LogP contribution >= 0.6 is 0 Å². The van der Waals surface area contributed by atoms with E-state index in [0.717, 1.165) is 0 Å². The molecule has 0 saturated heterocycles. The van der Waals surface area contributed by atoms with Crippen molar-refractivity contribution in [2.45, 2.75) is 27.2 Å². The second-order valence-electron chi connectivity index (χ2n) is 3.98. The Hall–Kier alpha value is -1.10. The number of hydrogen-bond donors (Lipinski definition) is 2. The highest BCUT2D eigenvalue weighted by Crippen LogP contribution is 2.11. The first kappa shape index (κ1) is 13.9. The van der Waals surface area contributed by atoms with E-state index in [-0.39, 0.29) is 11.9 Å². The predicted molar refractivity (Wildman–Crippen MR) is 57.1 cm³/mol. The van der Waals surface area contributed by atoms with Gasteiger partial charge in [-0.25, -0.2) is 0 Å². The average molecular weight is 216 g/mol. The third-order valence-corrected chi connectivity index (χ3v) is 2.05. The Labute approximate surface area is 90.4 Å². The summed E-state index contributed by atoms with van der Waals surface area (Å²) in [6.07, 6.45) is 0.308. The van der Waals surface area contributed by atoms with Crippen molar-refractivity contribution in [2.75, 3.05) is 19.7 Å². The van der Waals surface area contributed by atoms with Gasteiger partial charge in [-0.3, -0.25) is 9.59 Å². The summed E-state index contributed by atoms with van der Waals surface area (Å²) in [7, 11) is 0. The summed E-state index contributed by atoms with van der Waals surface area (Å²) < 4.78 is 4.75. The average Bonchev–Trinajstić information content (AvgIpc) is 2.13. The van der Waals surface area contributed by atoms with Gasteiger partial charge in [0, 0.05) is 13.1 Å². The topological polar surface area (TPSA) is 81.4 Å². The number of carbonyl (C=O) groups is 2. The summed E-state index contributed by atoms with van der Waals surface area (Å²) in [6.45, 7) is 6.63. The van der Waals surface area contributed by atoms with Gasteiger partial charge in [-0.05, 0) is 20.8 Å². The van der Waals surface area contributed by atoms with Crippen LogP contribution in [-0.2, 0) is 14.3 Å². The number of nitrogens with two attached hydrogens (primary N) is 1. The Morgan fingerprint density at radius 1 is 1.40 bits per heavy atom. The van der Waals surface area contributed by atoms with E-state index in [9.17, 15) is 9.59 Å². The molecule has 0 aliphatic heterocycles. The largest absolute Gasteiger partial charge is 0.466 e. The van der Waals surface area contributed by atoms with Crippen molar-refractivity contribution >= 4 is 11.9 Å². The van der Waals surface area contributed by atoms with E-state index in [2.05, 4.69) is 5.32 Å². The summed E-state index contributed by atoms with van der Waals surface area (Å²) in [6, 6.07) is 0. The van der Waals surface area contributed by atoms with Crippen LogP contribution in [0.15, 0.2) is 0 Å². The number of ether oxygens (including phenoxy) is 1. The second-order valence-corrected chi connectivity index (χ2v) is 3.98. The Kier molecular flexibility index (Phi) is 5.93. The molecule has 0 unspecified atom stereocenters. The molecular weight excluding hydrogens is 196 g/mol. The maximum atomic E-state index is 10.9. The lowest BCUT2D eigenvalue weighted by atomic mass is 9.93. The minimum atomic E-state index is -0.589. The minimum Gasteiger partial charge on any atom is -0.466 e. The van der Waals surface area contributed by atoms with E-state index in [0.29, 0.717) is 26.1 Å². The molecule has 0 rings (SSSR count). The first-order valence-electron chi connectivity index (χ1n) is 5.06. The van der Waals surface area contributed by atoms with Gasteiger partial charge in [-0.2, -0.15) is 0 Å². The van der Waals surface area contributed by atoms with Gasteiger partial charge in [0.2, 0.25) is 5.91 Å². The monoisotopic (exact) mass is 216 g/mol. The predicted octanol–water partition coefficient (Wildman–Crippen LogP) is 0.0407. The van der Waals surface area contributed by atoms with E-state index >= 15 is 0 Å². The molecular formula is C10H20N2O3. The molecule has 0 saturated carbocycles. The summed E-state index contributed by atoms with van der Waals surface area (Å²) >= 11 is 0. The maximum absolute atomic E-state index is 10.9. The van der Waals surface area contributed by atoms with Gasteiger partial charge in [-0.1, -0.05) is 0 Å². The van der Waals surface area contributed by atoms with Gasteiger partial charge in [0.25, 0.3) is 0 Å². The highest BCUT2D eigenvalue weighted by atomic mass is 16.5. The van der Waals surface area contributed by atoms with Crippen molar-refractivity contribution in [3.05, 3.63) is 0 Å². The van der Waals surface area contributed by atoms with Crippen LogP contribution in [0.3, 0.4) is 0 Å². The van der Waals surface area contributed by atoms with Gasteiger partial charge in [0.15, 0.2) is 0 Å². The van der Waals surface area contributed by atoms with Crippen molar-refractivity contribution in [3.63, 3.8) is 0 Å². The van der Waals surface area contributed by atoms with E-state index in [1.54, 1.807) is 20.8 Å². The number of primary amides is 1. The smallest absolute Gasteiger partial charge is 0.307 e. The van der Waals surface area contributed by atoms with Gasteiger partial charge >= 0.3 is 5.97 Å².